The topological polar surface area (TPSA) is 18.5 Å². The minimum atomic E-state index is -0.964. The third-order valence-corrected chi connectivity index (χ3v) is 8.52. The Balaban J connectivity index is 1.32. The van der Waals surface area contributed by atoms with Gasteiger partial charge in [-0.1, -0.05) is 108 Å². The van der Waals surface area contributed by atoms with Crippen LogP contribution in [-0.2, 0) is 4.74 Å². The van der Waals surface area contributed by atoms with E-state index in [1.165, 1.54) is 57.4 Å². The summed E-state index contributed by atoms with van der Waals surface area (Å²) in [5.41, 5.74) is 2.87. The summed E-state index contributed by atoms with van der Waals surface area (Å²) in [7, 11) is 0. The highest BCUT2D eigenvalue weighted by Crippen LogP contribution is 2.36. The standard InChI is InChI=1S/C37H47F3O2/c1-3-5-7-8-9-10-12-24-41-35-23-21-31(36(39)37(35)40)29-17-15-28(16-18-29)30-19-20-32(33(38)25-30)34-22-14-27(26-42-34)13-11-6-4-2/h15-21,23,25,27,34H,3-14,22,24,26H2,1-2H3. The summed E-state index contributed by atoms with van der Waals surface area (Å²) in [6.07, 6.45) is 14.5. The van der Waals surface area contributed by atoms with Crippen molar-refractivity contribution >= 4 is 0 Å². The molecule has 2 atom stereocenters. The van der Waals surface area contributed by atoms with Crippen LogP contribution in [0.2, 0.25) is 0 Å². The predicted octanol–water partition coefficient (Wildman–Crippen LogP) is 11.6. The van der Waals surface area contributed by atoms with Crippen LogP contribution in [0.5, 0.6) is 5.75 Å². The summed E-state index contributed by atoms with van der Waals surface area (Å²) in [6, 6.07) is 15.4. The molecule has 0 saturated carbocycles. The van der Waals surface area contributed by atoms with Crippen LogP contribution in [0.25, 0.3) is 22.3 Å². The number of benzene rings is 3. The Labute approximate surface area is 250 Å². The van der Waals surface area contributed by atoms with Crippen molar-refractivity contribution in [3.05, 3.63) is 77.6 Å². The van der Waals surface area contributed by atoms with E-state index in [4.69, 9.17) is 9.47 Å². The molecular weight excluding hydrogens is 533 g/mol. The molecule has 2 nitrogen and oxygen atoms in total. The highest BCUT2D eigenvalue weighted by molar-refractivity contribution is 5.71. The molecule has 0 N–H and O–H groups in total. The first kappa shape index (κ1) is 32.1. The normalized spacial score (nSPS) is 17.0. The first-order valence-electron chi connectivity index (χ1n) is 16.1. The molecule has 2 unspecified atom stereocenters. The molecule has 4 rings (SSSR count). The molecule has 1 fully saturated rings. The van der Waals surface area contributed by atoms with Crippen molar-refractivity contribution in [3.8, 4) is 28.0 Å². The van der Waals surface area contributed by atoms with Gasteiger partial charge in [0.15, 0.2) is 11.6 Å². The zero-order chi connectivity index (χ0) is 29.7. The molecule has 1 heterocycles. The van der Waals surface area contributed by atoms with E-state index < -0.39 is 11.6 Å². The molecule has 1 aliphatic heterocycles. The lowest BCUT2D eigenvalue weighted by Gasteiger charge is -2.29. The van der Waals surface area contributed by atoms with Crippen LogP contribution in [0.4, 0.5) is 13.2 Å². The molecule has 1 saturated heterocycles. The Morgan fingerprint density at radius 1 is 0.690 bits per heavy atom. The molecule has 0 bridgehead atoms. The maximum absolute atomic E-state index is 15.2. The van der Waals surface area contributed by atoms with Gasteiger partial charge in [0.25, 0.3) is 0 Å². The Bertz CT molecular complexity index is 1230. The number of halogens is 3. The van der Waals surface area contributed by atoms with Gasteiger partial charge in [-0.05, 0) is 66.5 Å². The molecule has 0 spiro atoms. The number of unbranched alkanes of at least 4 members (excludes halogenated alkanes) is 8. The van der Waals surface area contributed by atoms with Gasteiger partial charge < -0.3 is 9.47 Å². The highest BCUT2D eigenvalue weighted by Gasteiger charge is 2.25. The average Bonchev–Trinajstić information content (AvgIpc) is 3.01. The van der Waals surface area contributed by atoms with Gasteiger partial charge in [0.05, 0.1) is 19.3 Å². The molecule has 3 aromatic rings. The molecule has 0 amide bonds. The van der Waals surface area contributed by atoms with Crippen LogP contribution in [0.15, 0.2) is 54.6 Å². The number of rotatable bonds is 16. The summed E-state index contributed by atoms with van der Waals surface area (Å²) in [4.78, 5) is 0. The van der Waals surface area contributed by atoms with Crippen LogP contribution in [-0.4, -0.2) is 13.2 Å². The number of hydrogen-bond acceptors (Lipinski definition) is 2. The lowest BCUT2D eigenvalue weighted by atomic mass is 9.90. The Hall–Kier alpha value is -2.79. The first-order chi connectivity index (χ1) is 20.5. The van der Waals surface area contributed by atoms with E-state index >= 15 is 4.39 Å². The van der Waals surface area contributed by atoms with E-state index in [0.29, 0.717) is 30.3 Å². The predicted molar refractivity (Wildman–Crippen MR) is 166 cm³/mol. The molecule has 228 valence electrons. The fraction of sp³-hybridized carbons (Fsp3) is 0.514. The van der Waals surface area contributed by atoms with Gasteiger partial charge >= 0.3 is 0 Å². The molecule has 1 aliphatic rings. The van der Waals surface area contributed by atoms with Crippen LogP contribution in [0.1, 0.15) is 109 Å². The fourth-order valence-corrected chi connectivity index (χ4v) is 5.88. The van der Waals surface area contributed by atoms with E-state index in [1.807, 2.05) is 24.3 Å². The minimum Gasteiger partial charge on any atom is -0.490 e. The third-order valence-electron chi connectivity index (χ3n) is 8.52. The maximum atomic E-state index is 15.2. The Kier molecular flexibility index (Phi) is 12.8. The van der Waals surface area contributed by atoms with Crippen molar-refractivity contribution in [2.45, 2.75) is 103 Å². The zero-order valence-corrected chi connectivity index (χ0v) is 25.4. The molecule has 0 aliphatic carbocycles. The van der Waals surface area contributed by atoms with Crippen LogP contribution < -0.4 is 4.74 Å². The maximum Gasteiger partial charge on any atom is 0.201 e. The molecule has 5 heteroatoms. The first-order valence-corrected chi connectivity index (χ1v) is 16.1. The van der Waals surface area contributed by atoms with Crippen molar-refractivity contribution in [3.63, 3.8) is 0 Å². The summed E-state index contributed by atoms with van der Waals surface area (Å²) >= 11 is 0. The Morgan fingerprint density at radius 2 is 1.36 bits per heavy atom. The number of ether oxygens (including phenoxy) is 2. The van der Waals surface area contributed by atoms with E-state index in [1.54, 1.807) is 24.3 Å². The third kappa shape index (κ3) is 8.86. The summed E-state index contributed by atoms with van der Waals surface area (Å²) in [6.45, 7) is 5.47. The quantitative estimate of drug-likeness (QED) is 0.157. The van der Waals surface area contributed by atoms with Crippen molar-refractivity contribution in [1.29, 1.82) is 0 Å². The van der Waals surface area contributed by atoms with Crippen molar-refractivity contribution in [2.24, 2.45) is 5.92 Å². The van der Waals surface area contributed by atoms with E-state index in [9.17, 15) is 8.78 Å². The molecule has 0 radical (unpaired) electrons. The van der Waals surface area contributed by atoms with Crippen molar-refractivity contribution in [1.82, 2.24) is 0 Å². The monoisotopic (exact) mass is 580 g/mol. The molecule has 3 aromatic carbocycles. The van der Waals surface area contributed by atoms with E-state index in [0.717, 1.165) is 43.2 Å². The lowest BCUT2D eigenvalue weighted by Crippen LogP contribution is -2.21. The molecular formula is C37H47F3O2. The smallest absolute Gasteiger partial charge is 0.201 e. The summed E-state index contributed by atoms with van der Waals surface area (Å²) < 4.78 is 56.5. The van der Waals surface area contributed by atoms with Crippen LogP contribution in [0.3, 0.4) is 0 Å². The van der Waals surface area contributed by atoms with Gasteiger partial charge in [-0.25, -0.2) is 8.78 Å². The highest BCUT2D eigenvalue weighted by atomic mass is 19.2. The van der Waals surface area contributed by atoms with E-state index in [2.05, 4.69) is 13.8 Å². The SMILES string of the molecule is CCCCCCCCCOc1ccc(-c2ccc(-c3ccc(C4CCC(CCCCC)CO4)c(F)c3)cc2)c(F)c1F. The van der Waals surface area contributed by atoms with E-state index in [-0.39, 0.29) is 23.2 Å². The second kappa shape index (κ2) is 16.7. The van der Waals surface area contributed by atoms with Gasteiger partial charge in [-0.3, -0.25) is 0 Å². The van der Waals surface area contributed by atoms with Crippen LogP contribution >= 0.6 is 0 Å². The van der Waals surface area contributed by atoms with Gasteiger partial charge in [-0.2, -0.15) is 4.39 Å². The lowest BCUT2D eigenvalue weighted by molar-refractivity contribution is -0.0215. The Morgan fingerprint density at radius 3 is 2.05 bits per heavy atom. The van der Waals surface area contributed by atoms with Crippen molar-refractivity contribution in [2.75, 3.05) is 13.2 Å². The summed E-state index contributed by atoms with van der Waals surface area (Å²) in [5.74, 6) is -1.63. The summed E-state index contributed by atoms with van der Waals surface area (Å²) in [5, 5.41) is 0. The van der Waals surface area contributed by atoms with Gasteiger partial charge in [0, 0.05) is 11.1 Å². The molecule has 42 heavy (non-hydrogen) atoms. The second-order valence-corrected chi connectivity index (χ2v) is 11.8. The van der Waals surface area contributed by atoms with Crippen LogP contribution in [0, 0.1) is 23.4 Å². The number of hydrogen-bond donors (Lipinski definition) is 0. The average molecular weight is 581 g/mol. The largest absolute Gasteiger partial charge is 0.490 e. The molecule has 0 aromatic heterocycles. The van der Waals surface area contributed by atoms with Gasteiger partial charge in [0.1, 0.15) is 5.82 Å². The fourth-order valence-electron chi connectivity index (χ4n) is 5.88. The minimum absolute atomic E-state index is 0.0524. The zero-order valence-electron chi connectivity index (χ0n) is 25.4. The van der Waals surface area contributed by atoms with Gasteiger partial charge in [-0.15, -0.1) is 0 Å². The van der Waals surface area contributed by atoms with Gasteiger partial charge in [0.2, 0.25) is 5.82 Å². The second-order valence-electron chi connectivity index (χ2n) is 11.8. The van der Waals surface area contributed by atoms with Crippen molar-refractivity contribution < 1.29 is 22.6 Å².